The third kappa shape index (κ3) is 3.27. The zero-order valence-electron chi connectivity index (χ0n) is 16.8. The second-order valence-corrected chi connectivity index (χ2v) is 8.77. The Morgan fingerprint density at radius 3 is 2.43 bits per heavy atom. The molecule has 1 aliphatic rings. The normalized spacial score (nSPS) is 13.5. The number of furan rings is 1. The molecule has 0 spiro atoms. The van der Waals surface area contributed by atoms with E-state index in [2.05, 4.69) is 81.4 Å². The maximum atomic E-state index is 6.21. The predicted molar refractivity (Wildman–Crippen MR) is 113 cm³/mol. The topological polar surface area (TPSA) is 13.1 Å². The van der Waals surface area contributed by atoms with Gasteiger partial charge in [-0.25, -0.2) is 0 Å². The van der Waals surface area contributed by atoms with Crippen molar-refractivity contribution < 1.29 is 30.6 Å². The molecule has 5 rings (SSSR count). The van der Waals surface area contributed by atoms with Crippen LogP contribution >= 0.6 is 0 Å². The Bertz CT molecular complexity index is 1120. The molecule has 3 aromatic carbocycles. The fourth-order valence-electron chi connectivity index (χ4n) is 4.40. The van der Waals surface area contributed by atoms with Crippen LogP contribution in [-0.2, 0) is 44.5 Å². The van der Waals surface area contributed by atoms with Crippen molar-refractivity contribution in [2.45, 2.75) is 45.4 Å². The largest absolute Gasteiger partial charge is 0.496 e. The molecule has 1 aromatic heterocycles. The van der Waals surface area contributed by atoms with Crippen molar-refractivity contribution in [3.05, 3.63) is 77.6 Å². The molecule has 0 amide bonds. The zero-order chi connectivity index (χ0) is 18.6. The molecule has 0 saturated carbocycles. The van der Waals surface area contributed by atoms with Crippen LogP contribution in [0.25, 0.3) is 33.2 Å². The van der Waals surface area contributed by atoms with E-state index in [1.54, 1.807) is 5.56 Å². The Balaban J connectivity index is 0.00000192. The fraction of sp³-hybridized carbons (Fsp3) is 0.269. The number of rotatable bonds is 2. The van der Waals surface area contributed by atoms with Crippen molar-refractivity contribution in [2.24, 2.45) is 0 Å². The Kier molecular flexibility index (Phi) is 5.04. The van der Waals surface area contributed by atoms with Crippen LogP contribution in [0.15, 0.2) is 65.1 Å². The SMILES string of the molecule is CC(C)(C)c1ccc(-c2cc3c(-c4ccccc4)c4c(cc3[cH-]2)CCC4)o1.[Zr]. The van der Waals surface area contributed by atoms with Gasteiger partial charge in [0.25, 0.3) is 0 Å². The van der Waals surface area contributed by atoms with Crippen LogP contribution in [0.1, 0.15) is 44.1 Å². The Hall–Kier alpha value is -1.79. The molecular formula is C26H25OZr-. The number of fused-ring (bicyclic) bond motifs is 2. The van der Waals surface area contributed by atoms with Gasteiger partial charge in [-0.15, -0.1) is 29.0 Å². The molecule has 0 radical (unpaired) electrons. The molecule has 0 N–H and O–H groups in total. The fourth-order valence-corrected chi connectivity index (χ4v) is 4.40. The van der Waals surface area contributed by atoms with E-state index in [4.69, 9.17) is 4.42 Å². The van der Waals surface area contributed by atoms with Gasteiger partial charge in [0.1, 0.15) is 0 Å². The van der Waals surface area contributed by atoms with Gasteiger partial charge in [-0.05, 0) is 42.5 Å². The third-order valence-electron chi connectivity index (χ3n) is 5.78. The molecule has 1 heterocycles. The summed E-state index contributed by atoms with van der Waals surface area (Å²) in [6.07, 6.45) is 3.65. The van der Waals surface area contributed by atoms with E-state index in [1.165, 1.54) is 52.3 Å². The van der Waals surface area contributed by atoms with Crippen LogP contribution in [0.4, 0.5) is 0 Å². The van der Waals surface area contributed by atoms with Crippen molar-refractivity contribution >= 4 is 10.8 Å². The first-order valence-corrected chi connectivity index (χ1v) is 9.92. The summed E-state index contributed by atoms with van der Waals surface area (Å²) in [7, 11) is 0. The zero-order valence-corrected chi connectivity index (χ0v) is 19.3. The number of benzene rings is 2. The number of hydrogen-bond donors (Lipinski definition) is 0. The maximum Gasteiger partial charge on any atom is 0.0980 e. The third-order valence-corrected chi connectivity index (χ3v) is 5.78. The molecule has 2 heteroatoms. The van der Waals surface area contributed by atoms with Gasteiger partial charge in [0.2, 0.25) is 0 Å². The Labute approximate surface area is 186 Å². The van der Waals surface area contributed by atoms with Gasteiger partial charge < -0.3 is 4.42 Å². The summed E-state index contributed by atoms with van der Waals surface area (Å²) in [5.74, 6) is 2.00. The van der Waals surface area contributed by atoms with Gasteiger partial charge >= 0.3 is 0 Å². The molecule has 1 nitrogen and oxygen atoms in total. The molecule has 28 heavy (non-hydrogen) atoms. The summed E-state index contributed by atoms with van der Waals surface area (Å²) in [4.78, 5) is 0. The van der Waals surface area contributed by atoms with E-state index in [0.29, 0.717) is 0 Å². The molecule has 4 aromatic rings. The average Bonchev–Trinajstić information content (AvgIpc) is 3.37. The number of aryl methyl sites for hydroxylation is 1. The standard InChI is InChI=1S/C26H25O.Zr/c1-26(2,3)24-13-12-23(27-24)20-15-19-14-18-10-7-11-21(18)25(22(19)16-20)17-8-5-4-6-9-17;/h4-6,8-9,12-16H,7,10-11H2,1-3H3;/q-1;. The van der Waals surface area contributed by atoms with E-state index >= 15 is 0 Å². The summed E-state index contributed by atoms with van der Waals surface area (Å²) in [6.45, 7) is 6.57. The molecule has 0 bridgehead atoms. The van der Waals surface area contributed by atoms with Gasteiger partial charge in [-0.2, -0.15) is 0 Å². The average molecular weight is 445 g/mol. The first-order valence-electron chi connectivity index (χ1n) is 9.92. The molecule has 1 aliphatic carbocycles. The van der Waals surface area contributed by atoms with Crippen molar-refractivity contribution in [3.8, 4) is 22.5 Å². The van der Waals surface area contributed by atoms with E-state index in [1.807, 2.05) is 0 Å². The summed E-state index contributed by atoms with van der Waals surface area (Å²) in [5, 5.41) is 2.68. The summed E-state index contributed by atoms with van der Waals surface area (Å²) < 4.78 is 6.21. The van der Waals surface area contributed by atoms with Gasteiger partial charge in [0.05, 0.1) is 11.5 Å². The molecule has 140 valence electrons. The minimum atomic E-state index is 0. The molecule has 0 saturated heterocycles. The smallest absolute Gasteiger partial charge is 0.0980 e. The van der Waals surface area contributed by atoms with Gasteiger partial charge in [0.15, 0.2) is 0 Å². The molecule has 0 fully saturated rings. The maximum absolute atomic E-state index is 6.21. The second-order valence-electron chi connectivity index (χ2n) is 8.77. The molecule has 0 unspecified atom stereocenters. The van der Waals surface area contributed by atoms with Crippen LogP contribution in [0.2, 0.25) is 0 Å². The van der Waals surface area contributed by atoms with Crippen molar-refractivity contribution in [1.82, 2.24) is 0 Å². The minimum absolute atomic E-state index is 0. The summed E-state index contributed by atoms with van der Waals surface area (Å²) in [6, 6.07) is 22.1. The summed E-state index contributed by atoms with van der Waals surface area (Å²) >= 11 is 0. The van der Waals surface area contributed by atoms with E-state index in [0.717, 1.165) is 11.5 Å². The van der Waals surface area contributed by atoms with E-state index in [9.17, 15) is 0 Å². The Morgan fingerprint density at radius 2 is 1.71 bits per heavy atom. The first-order chi connectivity index (χ1) is 13.0. The van der Waals surface area contributed by atoms with Gasteiger partial charge in [-0.3, -0.25) is 0 Å². The van der Waals surface area contributed by atoms with Crippen LogP contribution in [0.3, 0.4) is 0 Å². The quantitative estimate of drug-likeness (QED) is 0.296. The van der Waals surface area contributed by atoms with Crippen molar-refractivity contribution in [1.29, 1.82) is 0 Å². The van der Waals surface area contributed by atoms with Gasteiger partial charge in [-0.1, -0.05) is 67.8 Å². The van der Waals surface area contributed by atoms with Crippen LogP contribution in [0, 0.1) is 0 Å². The number of hydrogen-bond acceptors (Lipinski definition) is 1. The molecule has 0 atom stereocenters. The van der Waals surface area contributed by atoms with Crippen LogP contribution < -0.4 is 0 Å². The second kappa shape index (κ2) is 7.23. The minimum Gasteiger partial charge on any atom is -0.496 e. The Morgan fingerprint density at radius 1 is 0.929 bits per heavy atom. The van der Waals surface area contributed by atoms with Crippen LogP contribution in [-0.4, -0.2) is 0 Å². The van der Waals surface area contributed by atoms with E-state index < -0.39 is 0 Å². The molecule has 0 aliphatic heterocycles. The molecular weight excluding hydrogens is 420 g/mol. The summed E-state index contributed by atoms with van der Waals surface area (Å²) in [5.41, 5.74) is 7.03. The van der Waals surface area contributed by atoms with E-state index in [-0.39, 0.29) is 31.6 Å². The van der Waals surface area contributed by atoms with Gasteiger partial charge in [0, 0.05) is 31.6 Å². The van der Waals surface area contributed by atoms with Crippen LogP contribution in [0.5, 0.6) is 0 Å². The first kappa shape index (κ1) is 19.5. The van der Waals surface area contributed by atoms with Crippen molar-refractivity contribution in [3.63, 3.8) is 0 Å². The van der Waals surface area contributed by atoms with Crippen molar-refractivity contribution in [2.75, 3.05) is 0 Å². The monoisotopic (exact) mass is 443 g/mol. The predicted octanol–water partition coefficient (Wildman–Crippen LogP) is 7.27.